The van der Waals surface area contributed by atoms with Crippen molar-refractivity contribution in [2.24, 2.45) is 0 Å². The summed E-state index contributed by atoms with van der Waals surface area (Å²) in [5.74, 6) is 0.758. The molecule has 2 aliphatic heterocycles. The number of furan rings is 1. The van der Waals surface area contributed by atoms with Crippen molar-refractivity contribution in [2.45, 2.75) is 38.6 Å². The van der Waals surface area contributed by atoms with E-state index < -0.39 is 10.2 Å². The predicted octanol–water partition coefficient (Wildman–Crippen LogP) is 2.08. The molecule has 0 amide bonds. The van der Waals surface area contributed by atoms with Crippen molar-refractivity contribution in [1.82, 2.24) is 13.5 Å². The van der Waals surface area contributed by atoms with Gasteiger partial charge >= 0.3 is 0 Å². The van der Waals surface area contributed by atoms with E-state index in [1.54, 1.807) is 14.9 Å². The first kappa shape index (κ1) is 17.0. The van der Waals surface area contributed by atoms with E-state index in [2.05, 4.69) is 11.8 Å². The van der Waals surface area contributed by atoms with Crippen LogP contribution in [0.25, 0.3) is 0 Å². The molecule has 0 unspecified atom stereocenters. The van der Waals surface area contributed by atoms with E-state index >= 15 is 0 Å². The number of rotatable bonds is 5. The van der Waals surface area contributed by atoms with Gasteiger partial charge in [0, 0.05) is 26.2 Å². The summed E-state index contributed by atoms with van der Waals surface area (Å²) >= 11 is 0. The van der Waals surface area contributed by atoms with Gasteiger partial charge in [-0.15, -0.1) is 0 Å². The lowest BCUT2D eigenvalue weighted by Crippen LogP contribution is -2.45. The van der Waals surface area contributed by atoms with Gasteiger partial charge in [-0.25, -0.2) is 0 Å². The van der Waals surface area contributed by atoms with Crippen molar-refractivity contribution in [3.63, 3.8) is 0 Å². The Labute approximate surface area is 139 Å². The molecule has 2 saturated heterocycles. The summed E-state index contributed by atoms with van der Waals surface area (Å²) in [5, 5.41) is 0. The maximum Gasteiger partial charge on any atom is 0.282 e. The van der Waals surface area contributed by atoms with Crippen molar-refractivity contribution >= 4 is 10.2 Å². The zero-order chi connectivity index (χ0) is 16.3. The number of hydrogen-bond acceptors (Lipinski definition) is 4. The van der Waals surface area contributed by atoms with Crippen molar-refractivity contribution in [1.29, 1.82) is 0 Å². The average Bonchev–Trinajstić information content (AvgIpc) is 3.16. The summed E-state index contributed by atoms with van der Waals surface area (Å²) in [5.41, 5.74) is 0. The van der Waals surface area contributed by atoms with Crippen LogP contribution in [0.2, 0.25) is 0 Å². The topological polar surface area (TPSA) is 57.0 Å². The molecule has 0 radical (unpaired) electrons. The van der Waals surface area contributed by atoms with Crippen LogP contribution in [0, 0.1) is 0 Å². The molecule has 3 heterocycles. The minimum absolute atomic E-state index is 0.148. The van der Waals surface area contributed by atoms with E-state index in [1.165, 1.54) is 0 Å². The van der Waals surface area contributed by atoms with Crippen LogP contribution in [0.15, 0.2) is 22.8 Å². The monoisotopic (exact) mass is 341 g/mol. The fraction of sp³-hybridized carbons (Fsp3) is 0.750. The second kappa shape index (κ2) is 7.34. The SMILES string of the molecule is CCCN1CCCN(S(=O)(=O)N2CCC[C@H]2c2ccco2)CC1. The average molecular weight is 341 g/mol. The van der Waals surface area contributed by atoms with Gasteiger partial charge in [0.15, 0.2) is 0 Å². The lowest BCUT2D eigenvalue weighted by Gasteiger charge is -2.29. The van der Waals surface area contributed by atoms with Gasteiger partial charge in [0.1, 0.15) is 5.76 Å². The minimum Gasteiger partial charge on any atom is -0.468 e. The van der Waals surface area contributed by atoms with Gasteiger partial charge < -0.3 is 9.32 Å². The highest BCUT2D eigenvalue weighted by atomic mass is 32.2. The Morgan fingerprint density at radius 2 is 2.04 bits per heavy atom. The highest BCUT2D eigenvalue weighted by Gasteiger charge is 2.40. The molecule has 0 aliphatic carbocycles. The molecule has 0 aromatic carbocycles. The second-order valence-corrected chi connectivity index (χ2v) is 8.27. The van der Waals surface area contributed by atoms with Gasteiger partial charge in [-0.3, -0.25) is 0 Å². The molecule has 0 bridgehead atoms. The van der Waals surface area contributed by atoms with Crippen LogP contribution in [0.5, 0.6) is 0 Å². The standard InChI is InChI=1S/C16H27N3O3S/c1-2-8-17-9-5-10-18(13-12-17)23(20,21)19-11-3-6-15(19)16-7-4-14-22-16/h4,7,14-15H,2-3,5-6,8-13H2,1H3/t15-/m0/s1. The summed E-state index contributed by atoms with van der Waals surface area (Å²) in [4.78, 5) is 2.36. The maximum absolute atomic E-state index is 13.1. The number of hydrogen-bond donors (Lipinski definition) is 0. The lowest BCUT2D eigenvalue weighted by molar-refractivity contribution is 0.278. The van der Waals surface area contributed by atoms with Crippen LogP contribution in [-0.2, 0) is 10.2 Å². The fourth-order valence-electron chi connectivity index (χ4n) is 3.65. The molecule has 0 spiro atoms. The Bertz CT molecular complexity index is 588. The van der Waals surface area contributed by atoms with Crippen LogP contribution in [0.1, 0.15) is 44.4 Å². The van der Waals surface area contributed by atoms with Crippen LogP contribution < -0.4 is 0 Å². The lowest BCUT2D eigenvalue weighted by atomic mass is 10.2. The zero-order valence-corrected chi connectivity index (χ0v) is 14.7. The highest BCUT2D eigenvalue weighted by molar-refractivity contribution is 7.86. The molecular weight excluding hydrogens is 314 g/mol. The first-order chi connectivity index (χ1) is 11.1. The van der Waals surface area contributed by atoms with Crippen molar-refractivity contribution in [2.75, 3.05) is 39.3 Å². The van der Waals surface area contributed by atoms with Gasteiger partial charge in [-0.2, -0.15) is 17.0 Å². The van der Waals surface area contributed by atoms with Gasteiger partial charge in [0.2, 0.25) is 0 Å². The Hall–Kier alpha value is -0.890. The summed E-state index contributed by atoms with van der Waals surface area (Å²) < 4.78 is 35.0. The Morgan fingerprint density at radius 3 is 2.78 bits per heavy atom. The van der Waals surface area contributed by atoms with Gasteiger partial charge in [-0.1, -0.05) is 6.92 Å². The molecule has 2 fully saturated rings. The number of nitrogens with zero attached hydrogens (tertiary/aromatic N) is 3. The molecular formula is C16H27N3O3S. The van der Waals surface area contributed by atoms with Crippen molar-refractivity contribution in [3.8, 4) is 0 Å². The van der Waals surface area contributed by atoms with Crippen molar-refractivity contribution in [3.05, 3.63) is 24.2 Å². The minimum atomic E-state index is -3.42. The normalized spacial score (nSPS) is 25.7. The molecule has 130 valence electrons. The molecule has 23 heavy (non-hydrogen) atoms. The third kappa shape index (κ3) is 3.63. The molecule has 1 atom stereocenters. The molecule has 0 saturated carbocycles. The summed E-state index contributed by atoms with van der Waals surface area (Å²) in [6, 6.07) is 3.56. The van der Waals surface area contributed by atoms with E-state index in [1.807, 2.05) is 12.1 Å². The quantitative estimate of drug-likeness (QED) is 0.823. The van der Waals surface area contributed by atoms with Gasteiger partial charge in [0.05, 0.1) is 12.3 Å². The van der Waals surface area contributed by atoms with E-state index in [0.29, 0.717) is 19.6 Å². The Morgan fingerprint density at radius 1 is 1.17 bits per heavy atom. The largest absolute Gasteiger partial charge is 0.468 e. The summed E-state index contributed by atoms with van der Waals surface area (Å²) in [6.45, 7) is 6.81. The molecule has 7 heteroatoms. The van der Waals surface area contributed by atoms with E-state index in [0.717, 1.165) is 51.1 Å². The first-order valence-electron chi connectivity index (χ1n) is 8.65. The van der Waals surface area contributed by atoms with Crippen LogP contribution >= 0.6 is 0 Å². The second-order valence-electron chi connectivity index (χ2n) is 6.39. The van der Waals surface area contributed by atoms with E-state index in [9.17, 15) is 8.42 Å². The molecule has 1 aromatic rings. The third-order valence-electron chi connectivity index (χ3n) is 4.79. The Kier molecular flexibility index (Phi) is 5.41. The Balaban J connectivity index is 1.73. The summed E-state index contributed by atoms with van der Waals surface area (Å²) in [7, 11) is -3.42. The maximum atomic E-state index is 13.1. The molecule has 1 aromatic heterocycles. The van der Waals surface area contributed by atoms with Crippen LogP contribution in [0.4, 0.5) is 0 Å². The first-order valence-corrected chi connectivity index (χ1v) is 10.1. The smallest absolute Gasteiger partial charge is 0.282 e. The van der Waals surface area contributed by atoms with E-state index in [-0.39, 0.29) is 6.04 Å². The highest BCUT2D eigenvalue weighted by Crippen LogP contribution is 2.35. The molecule has 3 rings (SSSR count). The van der Waals surface area contributed by atoms with E-state index in [4.69, 9.17) is 4.42 Å². The fourth-order valence-corrected chi connectivity index (χ4v) is 5.51. The van der Waals surface area contributed by atoms with Gasteiger partial charge in [0.25, 0.3) is 10.2 Å². The van der Waals surface area contributed by atoms with Crippen LogP contribution in [-0.4, -0.2) is 61.2 Å². The van der Waals surface area contributed by atoms with Crippen molar-refractivity contribution < 1.29 is 12.8 Å². The predicted molar refractivity (Wildman–Crippen MR) is 89.2 cm³/mol. The third-order valence-corrected chi connectivity index (χ3v) is 6.83. The molecule has 6 nitrogen and oxygen atoms in total. The van der Waals surface area contributed by atoms with Crippen LogP contribution in [0.3, 0.4) is 0 Å². The molecule has 2 aliphatic rings. The van der Waals surface area contributed by atoms with Gasteiger partial charge in [-0.05, 0) is 50.9 Å². The summed E-state index contributed by atoms with van der Waals surface area (Å²) in [6.07, 6.45) is 5.36. The zero-order valence-electron chi connectivity index (χ0n) is 13.9. The molecule has 0 N–H and O–H groups in total.